The van der Waals surface area contributed by atoms with E-state index in [4.69, 9.17) is 15.9 Å². The molecular formula is C9H12NNaO3. The number of nitrogens with two attached hydrogens (primary N) is 1. The molecule has 0 heterocycles. The number of carboxylic acids is 1. The average molecular weight is 205 g/mol. The molecule has 0 saturated carbocycles. The van der Waals surface area contributed by atoms with E-state index in [1.807, 2.05) is 0 Å². The summed E-state index contributed by atoms with van der Waals surface area (Å²) in [6.07, 6.45) is 0.273. The summed E-state index contributed by atoms with van der Waals surface area (Å²) in [5.74, 6) is -0.860. The van der Waals surface area contributed by atoms with E-state index in [2.05, 4.69) is 0 Å². The normalized spacial score (nSPS) is 11.5. The fourth-order valence-electron chi connectivity index (χ4n) is 0.973. The van der Waals surface area contributed by atoms with Crippen LogP contribution in [0.4, 0.5) is 0 Å². The molecule has 0 spiro atoms. The quantitative estimate of drug-likeness (QED) is 0.591. The molecule has 5 heteroatoms. The van der Waals surface area contributed by atoms with Crippen molar-refractivity contribution in [1.29, 1.82) is 0 Å². The maximum absolute atomic E-state index is 10.4. The molecule has 1 aromatic rings. The molecule has 0 aliphatic carbocycles. The number of rotatable bonds is 3. The summed E-state index contributed by atoms with van der Waals surface area (Å²) < 4.78 is 0. The molecule has 0 amide bonds. The zero-order chi connectivity index (χ0) is 9.84. The first kappa shape index (κ1) is 13.4. The summed E-state index contributed by atoms with van der Waals surface area (Å²) >= 11 is 0. The minimum atomic E-state index is -1.02. The van der Waals surface area contributed by atoms with E-state index in [0.29, 0.717) is 0 Å². The molecule has 0 aliphatic rings. The second kappa shape index (κ2) is 6.03. The van der Waals surface area contributed by atoms with Crippen LogP contribution in [0.25, 0.3) is 0 Å². The number of carbonyl (C=O) groups is 1. The second-order valence-electron chi connectivity index (χ2n) is 2.82. The number of aliphatic carboxylic acids is 1. The number of aromatic hydroxyl groups is 1. The van der Waals surface area contributed by atoms with E-state index < -0.39 is 12.0 Å². The van der Waals surface area contributed by atoms with Gasteiger partial charge in [-0.15, -0.1) is 0 Å². The first-order chi connectivity index (χ1) is 6.09. The van der Waals surface area contributed by atoms with Gasteiger partial charge in [-0.1, -0.05) is 12.1 Å². The van der Waals surface area contributed by atoms with Gasteiger partial charge in [0.15, 0.2) is 0 Å². The first-order valence-corrected chi connectivity index (χ1v) is 3.86. The van der Waals surface area contributed by atoms with E-state index in [9.17, 15) is 4.79 Å². The van der Waals surface area contributed by atoms with Crippen molar-refractivity contribution < 1.29 is 15.0 Å². The summed E-state index contributed by atoms with van der Waals surface area (Å²) in [6, 6.07) is 5.42. The first-order valence-electron chi connectivity index (χ1n) is 3.86. The summed E-state index contributed by atoms with van der Waals surface area (Å²) in [5, 5.41) is 17.5. The van der Waals surface area contributed by atoms with Gasteiger partial charge in [0.1, 0.15) is 11.8 Å². The van der Waals surface area contributed by atoms with E-state index in [0.717, 1.165) is 5.56 Å². The molecule has 0 unspecified atom stereocenters. The van der Waals surface area contributed by atoms with Crippen LogP contribution < -0.4 is 5.73 Å². The molecule has 1 aromatic carbocycles. The molecule has 0 saturated heterocycles. The van der Waals surface area contributed by atoms with E-state index in [1.54, 1.807) is 12.1 Å². The Balaban J connectivity index is 0.00000169. The van der Waals surface area contributed by atoms with Crippen LogP contribution in [0.15, 0.2) is 24.3 Å². The summed E-state index contributed by atoms with van der Waals surface area (Å²) in [7, 11) is 0. The van der Waals surface area contributed by atoms with Crippen LogP contribution in [-0.2, 0) is 11.2 Å². The van der Waals surface area contributed by atoms with Crippen LogP contribution in [0.5, 0.6) is 5.75 Å². The fraction of sp³-hybridized carbons (Fsp3) is 0.222. The third-order valence-corrected chi connectivity index (χ3v) is 1.71. The maximum atomic E-state index is 10.4. The Kier molecular flexibility index (Phi) is 5.79. The average Bonchev–Trinajstić information content (AvgIpc) is 2.08. The van der Waals surface area contributed by atoms with E-state index in [1.165, 1.54) is 12.1 Å². The van der Waals surface area contributed by atoms with Crippen LogP contribution >= 0.6 is 0 Å². The van der Waals surface area contributed by atoms with Crippen molar-refractivity contribution in [2.75, 3.05) is 0 Å². The summed E-state index contributed by atoms with van der Waals surface area (Å²) in [4.78, 5) is 10.4. The topological polar surface area (TPSA) is 83.5 Å². The number of phenols is 1. The van der Waals surface area contributed by atoms with Gasteiger partial charge in [-0.2, -0.15) is 0 Å². The van der Waals surface area contributed by atoms with Gasteiger partial charge in [0.05, 0.1) is 0 Å². The molecule has 0 aliphatic heterocycles. The molecular weight excluding hydrogens is 193 g/mol. The van der Waals surface area contributed by atoms with Crippen LogP contribution in [0, 0.1) is 0 Å². The Labute approximate surface area is 104 Å². The van der Waals surface area contributed by atoms with Crippen molar-refractivity contribution in [3.63, 3.8) is 0 Å². The Hall–Kier alpha value is -0.550. The van der Waals surface area contributed by atoms with E-state index >= 15 is 0 Å². The monoisotopic (exact) mass is 205 g/mol. The standard InChI is InChI=1S/C9H11NO3.Na.H/c10-8(9(12)13)5-6-1-3-7(11)4-2-6;;/h1-4,8,11H,5,10H2,(H,12,13);;/t8-;;/m0../s1. The fourth-order valence-corrected chi connectivity index (χ4v) is 0.973. The number of hydrogen-bond donors (Lipinski definition) is 3. The SMILES string of the molecule is N[C@@H](Cc1ccc(O)cc1)C(=O)O.[NaH]. The Morgan fingerprint density at radius 3 is 2.29 bits per heavy atom. The molecule has 0 aromatic heterocycles. The zero-order valence-electron chi connectivity index (χ0n) is 6.97. The molecule has 0 radical (unpaired) electrons. The Morgan fingerprint density at radius 1 is 1.36 bits per heavy atom. The molecule has 0 fully saturated rings. The molecule has 4 nitrogen and oxygen atoms in total. The predicted octanol–water partition coefficient (Wildman–Crippen LogP) is -0.302. The van der Waals surface area contributed by atoms with Crippen molar-refractivity contribution in [3.8, 4) is 5.75 Å². The molecule has 4 N–H and O–H groups in total. The van der Waals surface area contributed by atoms with Crippen molar-refractivity contribution in [1.82, 2.24) is 0 Å². The Morgan fingerprint density at radius 2 is 1.86 bits per heavy atom. The number of benzene rings is 1. The second-order valence-corrected chi connectivity index (χ2v) is 2.82. The third kappa shape index (κ3) is 4.11. The van der Waals surface area contributed by atoms with Gasteiger partial charge in [-0.05, 0) is 24.1 Å². The molecule has 1 rings (SSSR count). The summed E-state index contributed by atoms with van der Waals surface area (Å²) in [5.41, 5.74) is 6.12. The van der Waals surface area contributed by atoms with Crippen LogP contribution in [0.3, 0.4) is 0 Å². The molecule has 14 heavy (non-hydrogen) atoms. The number of hydrogen-bond acceptors (Lipinski definition) is 3. The molecule has 0 bridgehead atoms. The third-order valence-electron chi connectivity index (χ3n) is 1.71. The van der Waals surface area contributed by atoms with Crippen LogP contribution in [-0.4, -0.2) is 51.8 Å². The summed E-state index contributed by atoms with van der Waals surface area (Å²) in [6.45, 7) is 0. The van der Waals surface area contributed by atoms with Crippen molar-refractivity contribution in [2.45, 2.75) is 12.5 Å². The van der Waals surface area contributed by atoms with Gasteiger partial charge in [0.2, 0.25) is 0 Å². The van der Waals surface area contributed by atoms with Gasteiger partial charge in [-0.3, -0.25) is 4.79 Å². The minimum absolute atomic E-state index is 0. The van der Waals surface area contributed by atoms with Gasteiger partial charge >= 0.3 is 35.5 Å². The van der Waals surface area contributed by atoms with E-state index in [-0.39, 0.29) is 41.7 Å². The molecule has 1 atom stereocenters. The van der Waals surface area contributed by atoms with Crippen molar-refractivity contribution in [2.24, 2.45) is 5.73 Å². The molecule has 72 valence electrons. The van der Waals surface area contributed by atoms with Gasteiger partial charge in [-0.25, -0.2) is 0 Å². The van der Waals surface area contributed by atoms with Crippen molar-refractivity contribution >= 4 is 35.5 Å². The predicted molar refractivity (Wildman–Crippen MR) is 54.6 cm³/mol. The van der Waals surface area contributed by atoms with Gasteiger partial charge < -0.3 is 15.9 Å². The van der Waals surface area contributed by atoms with Crippen LogP contribution in [0.1, 0.15) is 5.56 Å². The van der Waals surface area contributed by atoms with Crippen molar-refractivity contribution in [3.05, 3.63) is 29.8 Å². The Bertz CT molecular complexity index is 299. The number of carboxylic acid groups (broad SMARTS) is 1. The van der Waals surface area contributed by atoms with Gasteiger partial charge in [0.25, 0.3) is 0 Å². The van der Waals surface area contributed by atoms with Gasteiger partial charge in [0, 0.05) is 0 Å². The zero-order valence-corrected chi connectivity index (χ0v) is 6.97. The van der Waals surface area contributed by atoms with Crippen LogP contribution in [0.2, 0.25) is 0 Å². The number of phenolic OH excluding ortho intramolecular Hbond substituents is 1.